The van der Waals surface area contributed by atoms with Gasteiger partial charge in [0.2, 0.25) is 5.91 Å². The number of aliphatic imine (C=N–C) groups is 1. The predicted octanol–water partition coefficient (Wildman–Crippen LogP) is 1.77. The van der Waals surface area contributed by atoms with Crippen LogP contribution in [-0.4, -0.2) is 80.3 Å². The zero-order valence-corrected chi connectivity index (χ0v) is 20.7. The summed E-state index contributed by atoms with van der Waals surface area (Å²) in [5.74, 6) is -2.54. The van der Waals surface area contributed by atoms with Crippen molar-refractivity contribution < 1.29 is 29.4 Å². The first kappa shape index (κ1) is 27.8. The van der Waals surface area contributed by atoms with Crippen molar-refractivity contribution in [3.05, 3.63) is 35.4 Å². The largest absolute Gasteiger partial charge is 0.481 e. The van der Waals surface area contributed by atoms with Gasteiger partial charge in [0, 0.05) is 42.7 Å². The molecule has 1 aliphatic rings. The Labute approximate surface area is 207 Å². The lowest BCUT2D eigenvalue weighted by molar-refractivity contribution is -0.138. The molecular formula is C23H31N5O6S. The lowest BCUT2D eigenvalue weighted by atomic mass is 10.1. The minimum atomic E-state index is -0.996. The summed E-state index contributed by atoms with van der Waals surface area (Å²) < 4.78 is 0. The molecule has 12 heteroatoms. The van der Waals surface area contributed by atoms with Gasteiger partial charge in [-0.1, -0.05) is 23.9 Å². The molecule has 5 N–H and O–H groups in total. The topological polar surface area (TPSA) is 172 Å². The molecule has 1 aromatic carbocycles. The molecule has 1 heterocycles. The van der Waals surface area contributed by atoms with Crippen LogP contribution in [0.15, 0.2) is 29.3 Å². The Balaban J connectivity index is 2.06. The lowest BCUT2D eigenvalue weighted by Gasteiger charge is -2.28. The van der Waals surface area contributed by atoms with Gasteiger partial charge in [0.15, 0.2) is 5.17 Å². The molecule has 1 aromatic rings. The van der Waals surface area contributed by atoms with Crippen molar-refractivity contribution in [1.82, 2.24) is 15.5 Å². The Morgan fingerprint density at radius 1 is 1.03 bits per heavy atom. The molecule has 190 valence electrons. The van der Waals surface area contributed by atoms with Gasteiger partial charge in [-0.15, -0.1) is 0 Å². The Morgan fingerprint density at radius 2 is 1.63 bits per heavy atom. The molecule has 0 aliphatic carbocycles. The number of carbonyl (C=O) groups excluding carboxylic acids is 2. The van der Waals surface area contributed by atoms with Crippen LogP contribution in [0.3, 0.4) is 0 Å². The Hall–Kier alpha value is -3.41. The number of aliphatic carboxylic acids is 2. The molecule has 2 atom stereocenters. The van der Waals surface area contributed by atoms with E-state index in [1.54, 1.807) is 24.3 Å². The average Bonchev–Trinajstić information content (AvgIpc) is 3.12. The van der Waals surface area contributed by atoms with E-state index in [1.165, 1.54) is 11.8 Å². The molecule has 0 aromatic heterocycles. The lowest BCUT2D eigenvalue weighted by Crippen LogP contribution is -2.45. The smallest absolute Gasteiger partial charge is 0.305 e. The monoisotopic (exact) mass is 505 g/mol. The van der Waals surface area contributed by atoms with Gasteiger partial charge in [0.25, 0.3) is 5.91 Å². The molecule has 2 amide bonds. The van der Waals surface area contributed by atoms with Gasteiger partial charge in [0.1, 0.15) is 11.1 Å². The summed E-state index contributed by atoms with van der Waals surface area (Å²) in [4.78, 5) is 52.8. The molecule has 1 saturated heterocycles. The SMILES string of the molecule is CC(C)N1C(=NC(=O)c2ccc(C(=N)NCCCC(=O)O)cc2)SC(C(=O)NCCC(=O)O)C1C. The van der Waals surface area contributed by atoms with Crippen LogP contribution in [0.25, 0.3) is 0 Å². The number of nitrogens with one attached hydrogen (secondary N) is 3. The predicted molar refractivity (Wildman–Crippen MR) is 133 cm³/mol. The molecule has 35 heavy (non-hydrogen) atoms. The van der Waals surface area contributed by atoms with E-state index in [4.69, 9.17) is 15.6 Å². The zero-order valence-electron chi connectivity index (χ0n) is 19.9. The number of carbonyl (C=O) groups is 4. The minimum Gasteiger partial charge on any atom is -0.481 e. The molecule has 2 rings (SSSR count). The fourth-order valence-electron chi connectivity index (χ4n) is 3.52. The van der Waals surface area contributed by atoms with Crippen LogP contribution in [0.2, 0.25) is 0 Å². The summed E-state index contributed by atoms with van der Waals surface area (Å²) in [5, 5.41) is 30.9. The maximum absolute atomic E-state index is 12.8. The van der Waals surface area contributed by atoms with Crippen LogP contribution < -0.4 is 10.6 Å². The van der Waals surface area contributed by atoms with Gasteiger partial charge < -0.3 is 25.7 Å². The van der Waals surface area contributed by atoms with E-state index in [2.05, 4.69) is 15.6 Å². The second-order valence-electron chi connectivity index (χ2n) is 8.29. The van der Waals surface area contributed by atoms with E-state index in [0.717, 1.165) is 0 Å². The van der Waals surface area contributed by atoms with Gasteiger partial charge in [0.05, 0.1) is 6.42 Å². The standard InChI is InChI=1S/C23H31N5O6S/c1-13(2)28-14(3)19(22(34)26-12-10-18(31)32)35-23(28)27-21(33)16-8-6-15(7-9-16)20(24)25-11-4-5-17(29)30/h6-9,13-14,19H,4-5,10-12H2,1-3H3,(H2,24,25)(H,26,34)(H,29,30)(H,31,32). The van der Waals surface area contributed by atoms with Gasteiger partial charge >= 0.3 is 11.9 Å². The number of hydrogen-bond donors (Lipinski definition) is 5. The first-order chi connectivity index (χ1) is 16.5. The third-order valence-corrected chi connectivity index (χ3v) is 6.64. The number of amides is 2. The first-order valence-corrected chi connectivity index (χ1v) is 12.1. The van der Waals surface area contributed by atoms with E-state index in [0.29, 0.717) is 29.3 Å². The highest BCUT2D eigenvalue weighted by atomic mass is 32.2. The maximum Gasteiger partial charge on any atom is 0.305 e. The highest BCUT2D eigenvalue weighted by Gasteiger charge is 2.42. The molecule has 2 unspecified atom stereocenters. The number of nitrogens with zero attached hydrogens (tertiary/aromatic N) is 2. The number of amidine groups is 2. The van der Waals surface area contributed by atoms with E-state index in [9.17, 15) is 19.2 Å². The van der Waals surface area contributed by atoms with Crippen LogP contribution in [0, 0.1) is 5.41 Å². The van der Waals surface area contributed by atoms with E-state index >= 15 is 0 Å². The van der Waals surface area contributed by atoms with Crippen LogP contribution in [0.5, 0.6) is 0 Å². The summed E-state index contributed by atoms with van der Waals surface area (Å²) in [6.45, 7) is 6.12. The highest BCUT2D eigenvalue weighted by Crippen LogP contribution is 2.33. The molecule has 11 nitrogen and oxygen atoms in total. The Morgan fingerprint density at radius 3 is 2.20 bits per heavy atom. The van der Waals surface area contributed by atoms with Crippen LogP contribution >= 0.6 is 11.8 Å². The molecule has 1 aliphatic heterocycles. The summed E-state index contributed by atoms with van der Waals surface area (Å²) >= 11 is 1.18. The van der Waals surface area contributed by atoms with Crippen molar-refractivity contribution in [3.63, 3.8) is 0 Å². The fourth-order valence-corrected chi connectivity index (χ4v) is 4.90. The van der Waals surface area contributed by atoms with Gasteiger partial charge in [-0.3, -0.25) is 24.6 Å². The average molecular weight is 506 g/mol. The van der Waals surface area contributed by atoms with E-state index in [-0.39, 0.29) is 43.2 Å². The third kappa shape index (κ3) is 8.09. The van der Waals surface area contributed by atoms with Crippen molar-refractivity contribution in [2.75, 3.05) is 13.1 Å². The number of benzene rings is 1. The third-order valence-electron chi connectivity index (χ3n) is 5.27. The fraction of sp³-hybridized carbons (Fsp3) is 0.478. The number of thioether (sulfide) groups is 1. The number of carboxylic acids is 2. The zero-order chi connectivity index (χ0) is 26.1. The quantitative estimate of drug-likeness (QED) is 0.171. The molecule has 0 bridgehead atoms. The molecule has 0 spiro atoms. The molecular weight excluding hydrogens is 474 g/mol. The number of rotatable bonds is 11. The van der Waals surface area contributed by atoms with Crippen molar-refractivity contribution in [2.24, 2.45) is 4.99 Å². The number of hydrogen-bond acceptors (Lipinski definition) is 6. The van der Waals surface area contributed by atoms with Gasteiger partial charge in [-0.2, -0.15) is 4.99 Å². The summed E-state index contributed by atoms with van der Waals surface area (Å²) in [7, 11) is 0. The Bertz CT molecular complexity index is 995. The van der Waals surface area contributed by atoms with E-state index in [1.807, 2.05) is 25.7 Å². The summed E-state index contributed by atoms with van der Waals surface area (Å²) in [6.07, 6.45) is 0.242. The summed E-state index contributed by atoms with van der Waals surface area (Å²) in [5.41, 5.74) is 0.876. The van der Waals surface area contributed by atoms with Crippen molar-refractivity contribution in [1.29, 1.82) is 5.41 Å². The first-order valence-electron chi connectivity index (χ1n) is 11.2. The normalized spacial score (nSPS) is 18.5. The Kier molecular flexibility index (Phi) is 10.2. The highest BCUT2D eigenvalue weighted by molar-refractivity contribution is 8.15. The maximum atomic E-state index is 12.8. The van der Waals surface area contributed by atoms with E-state index < -0.39 is 23.1 Å². The van der Waals surface area contributed by atoms with Crippen molar-refractivity contribution >= 4 is 46.5 Å². The van der Waals surface area contributed by atoms with Crippen LogP contribution in [0.4, 0.5) is 0 Å². The second-order valence-corrected chi connectivity index (χ2v) is 9.40. The van der Waals surface area contributed by atoms with Crippen molar-refractivity contribution in [3.8, 4) is 0 Å². The summed E-state index contributed by atoms with van der Waals surface area (Å²) in [6, 6.07) is 6.09. The number of carboxylic acid groups (broad SMARTS) is 2. The van der Waals surface area contributed by atoms with Gasteiger partial charge in [-0.05, 0) is 39.3 Å². The minimum absolute atomic E-state index is 0.0168. The van der Waals surface area contributed by atoms with Crippen LogP contribution in [-0.2, 0) is 14.4 Å². The van der Waals surface area contributed by atoms with Gasteiger partial charge in [-0.25, -0.2) is 0 Å². The molecule has 0 saturated carbocycles. The van der Waals surface area contributed by atoms with Crippen LogP contribution in [0.1, 0.15) is 56.0 Å². The van der Waals surface area contributed by atoms with Crippen molar-refractivity contribution in [2.45, 2.75) is 57.4 Å². The molecule has 0 radical (unpaired) electrons. The second kappa shape index (κ2) is 12.9. The molecule has 1 fully saturated rings.